The van der Waals surface area contributed by atoms with Crippen molar-refractivity contribution < 1.29 is 13.2 Å². The zero-order valence-corrected chi connectivity index (χ0v) is 16.0. The normalized spacial score (nSPS) is 15.3. The van der Waals surface area contributed by atoms with Crippen molar-refractivity contribution in [1.82, 2.24) is 9.62 Å². The molecule has 1 saturated heterocycles. The van der Waals surface area contributed by atoms with Crippen LogP contribution in [0.4, 0.5) is 5.69 Å². The summed E-state index contributed by atoms with van der Waals surface area (Å²) in [4.78, 5) is 16.7. The third kappa shape index (κ3) is 4.75. The number of nitrogens with zero attached hydrogens (tertiary/aromatic N) is 2. The van der Waals surface area contributed by atoms with E-state index < -0.39 is 10.0 Å². The first-order valence-corrected chi connectivity index (χ1v) is 10.3. The molecule has 1 fully saturated rings. The van der Waals surface area contributed by atoms with Crippen LogP contribution in [0.25, 0.3) is 6.08 Å². The molecule has 0 radical (unpaired) electrons. The number of rotatable bonds is 5. The lowest BCUT2D eigenvalue weighted by atomic mass is 10.2. The van der Waals surface area contributed by atoms with Gasteiger partial charge in [0, 0.05) is 37.9 Å². The van der Waals surface area contributed by atoms with Gasteiger partial charge in [0.2, 0.25) is 15.9 Å². The lowest BCUT2D eigenvalue weighted by Gasteiger charge is -2.35. The summed E-state index contributed by atoms with van der Waals surface area (Å²) in [7, 11) is -2.07. The van der Waals surface area contributed by atoms with E-state index in [0.717, 1.165) is 18.7 Å². The van der Waals surface area contributed by atoms with Crippen molar-refractivity contribution in [3.8, 4) is 0 Å². The summed E-state index contributed by atoms with van der Waals surface area (Å²) < 4.78 is 25.7. The number of para-hydroxylation sites is 1. The van der Waals surface area contributed by atoms with Gasteiger partial charge in [0.25, 0.3) is 0 Å². The number of sulfonamides is 1. The quantitative estimate of drug-likeness (QED) is 0.799. The van der Waals surface area contributed by atoms with Crippen molar-refractivity contribution in [3.63, 3.8) is 0 Å². The lowest BCUT2D eigenvalue weighted by Crippen LogP contribution is -2.48. The first kappa shape index (κ1) is 19.1. The van der Waals surface area contributed by atoms with Gasteiger partial charge in [-0.25, -0.2) is 13.1 Å². The average molecular weight is 385 g/mol. The van der Waals surface area contributed by atoms with Crippen LogP contribution < -0.4 is 9.62 Å². The number of nitrogens with one attached hydrogen (secondary N) is 1. The van der Waals surface area contributed by atoms with E-state index in [0.29, 0.717) is 13.1 Å². The Morgan fingerprint density at radius 1 is 0.963 bits per heavy atom. The van der Waals surface area contributed by atoms with Crippen LogP contribution in [0.1, 0.15) is 5.56 Å². The predicted octanol–water partition coefficient (Wildman–Crippen LogP) is 1.96. The maximum Gasteiger partial charge on any atom is 0.246 e. The van der Waals surface area contributed by atoms with Crippen molar-refractivity contribution in [3.05, 3.63) is 66.2 Å². The molecular formula is C20H23N3O3S. The zero-order valence-electron chi connectivity index (χ0n) is 15.2. The molecule has 1 aliphatic rings. The second-order valence-electron chi connectivity index (χ2n) is 6.26. The summed E-state index contributed by atoms with van der Waals surface area (Å²) in [5.41, 5.74) is 1.96. The van der Waals surface area contributed by atoms with Crippen molar-refractivity contribution in [2.75, 3.05) is 38.1 Å². The van der Waals surface area contributed by atoms with E-state index in [1.54, 1.807) is 24.3 Å². The minimum Gasteiger partial charge on any atom is -0.368 e. The molecule has 3 rings (SSSR count). The van der Waals surface area contributed by atoms with E-state index in [-0.39, 0.29) is 10.8 Å². The fraction of sp³-hybridized carbons (Fsp3) is 0.250. The average Bonchev–Trinajstić information content (AvgIpc) is 2.73. The van der Waals surface area contributed by atoms with Gasteiger partial charge in [0.05, 0.1) is 4.90 Å². The summed E-state index contributed by atoms with van der Waals surface area (Å²) in [6.45, 7) is 2.97. The molecule has 0 bridgehead atoms. The molecule has 1 amide bonds. The van der Waals surface area contributed by atoms with Crippen LogP contribution >= 0.6 is 0 Å². The Labute approximate surface area is 160 Å². The molecule has 2 aromatic carbocycles. The Kier molecular flexibility index (Phi) is 5.93. The van der Waals surface area contributed by atoms with Gasteiger partial charge in [-0.1, -0.05) is 30.3 Å². The van der Waals surface area contributed by atoms with E-state index in [9.17, 15) is 13.2 Å². The number of hydrogen-bond acceptors (Lipinski definition) is 4. The minimum absolute atomic E-state index is 0.0327. The monoisotopic (exact) mass is 385 g/mol. The van der Waals surface area contributed by atoms with Crippen LogP contribution in [0, 0.1) is 0 Å². The number of hydrogen-bond donors (Lipinski definition) is 1. The summed E-state index contributed by atoms with van der Waals surface area (Å²) in [5, 5.41) is 0. The molecule has 0 unspecified atom stereocenters. The third-order valence-corrected chi connectivity index (χ3v) is 6.02. The van der Waals surface area contributed by atoms with Gasteiger partial charge in [0.15, 0.2) is 0 Å². The van der Waals surface area contributed by atoms with Gasteiger partial charge in [-0.3, -0.25) is 4.79 Å². The predicted molar refractivity (Wildman–Crippen MR) is 107 cm³/mol. The Bertz CT molecular complexity index is 901. The Morgan fingerprint density at radius 2 is 1.59 bits per heavy atom. The maximum absolute atomic E-state index is 12.4. The fourth-order valence-corrected chi connectivity index (χ4v) is 3.70. The Hall–Kier alpha value is -2.64. The molecule has 27 heavy (non-hydrogen) atoms. The van der Waals surface area contributed by atoms with Crippen LogP contribution in [0.3, 0.4) is 0 Å². The molecule has 6 nitrogen and oxygen atoms in total. The number of piperazine rings is 1. The number of carbonyl (C=O) groups excluding carboxylic acids is 1. The number of benzene rings is 2. The van der Waals surface area contributed by atoms with E-state index in [1.807, 2.05) is 23.1 Å². The lowest BCUT2D eigenvalue weighted by molar-refractivity contribution is -0.126. The second-order valence-corrected chi connectivity index (χ2v) is 8.14. The SMILES string of the molecule is CNS(=O)(=O)c1ccc(/C=C/C(=O)N2CCN(c3ccccc3)CC2)cc1. The van der Waals surface area contributed by atoms with Gasteiger partial charge in [-0.2, -0.15) is 0 Å². The smallest absolute Gasteiger partial charge is 0.246 e. The molecule has 1 aliphatic heterocycles. The van der Waals surface area contributed by atoms with Crippen LogP contribution in [-0.4, -0.2) is 52.5 Å². The highest BCUT2D eigenvalue weighted by Gasteiger charge is 2.19. The van der Waals surface area contributed by atoms with Crippen LogP contribution in [-0.2, 0) is 14.8 Å². The standard InChI is InChI=1S/C20H23N3O3S/c1-21-27(25,26)19-10-7-17(8-11-19)9-12-20(24)23-15-13-22(14-16-23)18-5-3-2-4-6-18/h2-12,21H,13-16H2,1H3/b12-9+. The molecule has 1 N–H and O–H groups in total. The van der Waals surface area contributed by atoms with E-state index in [2.05, 4.69) is 21.8 Å². The van der Waals surface area contributed by atoms with E-state index in [4.69, 9.17) is 0 Å². The fourth-order valence-electron chi connectivity index (χ4n) is 2.97. The van der Waals surface area contributed by atoms with Gasteiger partial charge in [-0.15, -0.1) is 0 Å². The molecule has 0 spiro atoms. The van der Waals surface area contributed by atoms with Gasteiger partial charge < -0.3 is 9.80 Å². The second kappa shape index (κ2) is 8.37. The Balaban J connectivity index is 1.56. The van der Waals surface area contributed by atoms with Gasteiger partial charge in [0.1, 0.15) is 0 Å². The van der Waals surface area contributed by atoms with Crippen molar-refractivity contribution in [2.45, 2.75) is 4.90 Å². The minimum atomic E-state index is -3.45. The first-order chi connectivity index (χ1) is 13.0. The molecule has 0 atom stereocenters. The number of anilines is 1. The summed E-state index contributed by atoms with van der Waals surface area (Å²) in [6, 6.07) is 16.6. The molecule has 142 valence electrons. The first-order valence-electron chi connectivity index (χ1n) is 8.80. The summed E-state index contributed by atoms with van der Waals surface area (Å²) in [6.07, 6.45) is 3.25. The molecule has 0 saturated carbocycles. The van der Waals surface area contributed by atoms with Gasteiger partial charge in [-0.05, 0) is 43.0 Å². The number of amides is 1. The van der Waals surface area contributed by atoms with Crippen LogP contribution in [0.2, 0.25) is 0 Å². The molecule has 1 heterocycles. The van der Waals surface area contributed by atoms with Crippen molar-refractivity contribution in [1.29, 1.82) is 0 Å². The van der Waals surface area contributed by atoms with Crippen LogP contribution in [0.15, 0.2) is 65.6 Å². The van der Waals surface area contributed by atoms with Crippen molar-refractivity contribution in [2.24, 2.45) is 0 Å². The van der Waals surface area contributed by atoms with Gasteiger partial charge >= 0.3 is 0 Å². The molecule has 2 aromatic rings. The van der Waals surface area contributed by atoms with E-state index >= 15 is 0 Å². The highest BCUT2D eigenvalue weighted by atomic mass is 32.2. The van der Waals surface area contributed by atoms with Crippen molar-refractivity contribution >= 4 is 27.7 Å². The molecule has 0 aliphatic carbocycles. The molecule has 0 aromatic heterocycles. The Morgan fingerprint density at radius 3 is 2.19 bits per heavy atom. The highest BCUT2D eigenvalue weighted by Crippen LogP contribution is 2.16. The number of carbonyl (C=O) groups is 1. The molecule has 7 heteroatoms. The van der Waals surface area contributed by atoms with E-state index in [1.165, 1.54) is 24.9 Å². The topological polar surface area (TPSA) is 69.7 Å². The highest BCUT2D eigenvalue weighted by molar-refractivity contribution is 7.89. The summed E-state index contributed by atoms with van der Waals surface area (Å²) >= 11 is 0. The van der Waals surface area contributed by atoms with Crippen LogP contribution in [0.5, 0.6) is 0 Å². The summed E-state index contributed by atoms with van der Waals surface area (Å²) in [5.74, 6) is -0.0327. The third-order valence-electron chi connectivity index (χ3n) is 4.59. The largest absolute Gasteiger partial charge is 0.368 e. The zero-order chi connectivity index (χ0) is 19.3. The molecular weight excluding hydrogens is 362 g/mol. The maximum atomic E-state index is 12.4.